The summed E-state index contributed by atoms with van der Waals surface area (Å²) >= 11 is 0. The van der Waals surface area contributed by atoms with Crippen molar-refractivity contribution < 1.29 is 29.4 Å². The Labute approximate surface area is 240 Å². The monoisotopic (exact) mass is 575 g/mol. The molecule has 4 rings (SSSR count). The highest BCUT2D eigenvalue weighted by atomic mass is 16.4. The predicted octanol–water partition coefficient (Wildman–Crippen LogP) is -0.222. The average Bonchev–Trinajstić information content (AvgIpc) is 3.66. The lowest BCUT2D eigenvalue weighted by Gasteiger charge is -2.25. The molecule has 42 heavy (non-hydrogen) atoms. The van der Waals surface area contributed by atoms with E-state index >= 15 is 0 Å². The lowest BCUT2D eigenvalue weighted by molar-refractivity contribution is -0.142. The third-order valence-electron chi connectivity index (χ3n) is 6.77. The number of aliphatic carboxylic acids is 1. The van der Waals surface area contributed by atoms with Crippen LogP contribution in [0, 0.1) is 0 Å². The topological polar surface area (TPSA) is 215 Å². The summed E-state index contributed by atoms with van der Waals surface area (Å²) in [6, 6.07) is 11.4. The molecule has 2 heterocycles. The number of para-hydroxylation sites is 1. The van der Waals surface area contributed by atoms with Crippen molar-refractivity contribution in [3.63, 3.8) is 0 Å². The molecule has 0 bridgehead atoms. The van der Waals surface area contributed by atoms with Crippen LogP contribution in [0.25, 0.3) is 10.9 Å². The number of H-pyrrole nitrogens is 2. The molecular weight excluding hydrogens is 542 g/mol. The van der Waals surface area contributed by atoms with E-state index in [4.69, 9.17) is 5.73 Å². The fraction of sp³-hybridized carbons (Fsp3) is 0.276. The van der Waals surface area contributed by atoms with Gasteiger partial charge in [-0.15, -0.1) is 0 Å². The number of fused-ring (bicyclic) bond motifs is 1. The quantitative estimate of drug-likeness (QED) is 0.100. The zero-order chi connectivity index (χ0) is 30.1. The summed E-state index contributed by atoms with van der Waals surface area (Å²) in [5.74, 6) is -3.41. The van der Waals surface area contributed by atoms with Crippen molar-refractivity contribution in [3.05, 3.63) is 90.1 Å². The van der Waals surface area contributed by atoms with Crippen LogP contribution in [-0.2, 0) is 38.4 Å². The number of nitrogens with one attached hydrogen (secondary N) is 5. The average molecular weight is 576 g/mol. The lowest BCUT2D eigenvalue weighted by atomic mass is 10.0. The van der Waals surface area contributed by atoms with Gasteiger partial charge in [0.25, 0.3) is 0 Å². The van der Waals surface area contributed by atoms with Gasteiger partial charge < -0.3 is 41.9 Å². The predicted molar refractivity (Wildman–Crippen MR) is 153 cm³/mol. The number of nitrogens with zero attached hydrogens (tertiary/aromatic N) is 1. The molecule has 0 aliphatic rings. The first-order chi connectivity index (χ1) is 20.2. The molecule has 0 radical (unpaired) electrons. The van der Waals surface area contributed by atoms with E-state index < -0.39 is 54.5 Å². The summed E-state index contributed by atoms with van der Waals surface area (Å²) in [6.07, 6.45) is 4.66. The summed E-state index contributed by atoms with van der Waals surface area (Å²) in [5, 5.41) is 27.8. The number of imidazole rings is 1. The zero-order valence-electron chi connectivity index (χ0n) is 22.6. The normalized spacial score (nSPS) is 14.0. The van der Waals surface area contributed by atoms with E-state index in [9.17, 15) is 29.4 Å². The van der Waals surface area contributed by atoms with Crippen LogP contribution in [0.1, 0.15) is 16.8 Å². The van der Waals surface area contributed by atoms with E-state index in [1.165, 1.54) is 12.5 Å². The number of benzene rings is 2. The van der Waals surface area contributed by atoms with Gasteiger partial charge in [-0.05, 0) is 17.2 Å². The standard InChI is InChI=1S/C29H33N7O6/c30-21(15-37)26(38)34-24(12-19-14-31-16-33-19)28(40)35-23(10-17-6-2-1-3-7-17)27(39)36-25(29(41)42)11-18-13-32-22-9-5-4-8-20(18)22/h1-9,13-14,16,21,23-25,32,37H,10-12,15,30H2,(H,31,33)(H,34,38)(H,35,40)(H,36,39)(H,41,42). The first-order valence-corrected chi connectivity index (χ1v) is 13.3. The van der Waals surface area contributed by atoms with Gasteiger partial charge >= 0.3 is 5.97 Å². The van der Waals surface area contributed by atoms with Gasteiger partial charge in [-0.1, -0.05) is 48.5 Å². The molecule has 13 nitrogen and oxygen atoms in total. The number of nitrogens with two attached hydrogens (primary N) is 1. The van der Waals surface area contributed by atoms with Crippen molar-refractivity contribution in [3.8, 4) is 0 Å². The summed E-state index contributed by atoms with van der Waals surface area (Å²) in [4.78, 5) is 61.6. The van der Waals surface area contributed by atoms with Crippen molar-refractivity contribution in [1.82, 2.24) is 30.9 Å². The molecule has 0 saturated carbocycles. The van der Waals surface area contributed by atoms with E-state index in [0.717, 1.165) is 16.5 Å². The molecule has 2 aromatic heterocycles. The molecular formula is C29H33N7O6. The number of carboxylic acid groups (broad SMARTS) is 1. The maximum Gasteiger partial charge on any atom is 0.326 e. The molecule has 13 heteroatoms. The molecule has 0 aliphatic heterocycles. The molecule has 0 saturated heterocycles. The second kappa shape index (κ2) is 14.1. The number of hydrogen-bond donors (Lipinski definition) is 8. The lowest BCUT2D eigenvalue weighted by Crippen LogP contribution is -2.58. The van der Waals surface area contributed by atoms with Crippen LogP contribution in [0.3, 0.4) is 0 Å². The fourth-order valence-electron chi connectivity index (χ4n) is 4.51. The minimum atomic E-state index is -1.28. The van der Waals surface area contributed by atoms with Gasteiger partial charge in [0.15, 0.2) is 0 Å². The number of aliphatic hydroxyl groups excluding tert-OH is 1. The number of carbonyl (C=O) groups excluding carboxylic acids is 3. The molecule has 2 aromatic carbocycles. The molecule has 9 N–H and O–H groups in total. The Balaban J connectivity index is 1.55. The maximum atomic E-state index is 13.6. The van der Waals surface area contributed by atoms with Gasteiger partial charge in [0.05, 0.1) is 12.9 Å². The number of aromatic nitrogens is 3. The summed E-state index contributed by atoms with van der Waals surface area (Å²) in [7, 11) is 0. The van der Waals surface area contributed by atoms with Crippen LogP contribution in [0.2, 0.25) is 0 Å². The highest BCUT2D eigenvalue weighted by molar-refractivity contribution is 5.94. The largest absolute Gasteiger partial charge is 0.480 e. The van der Waals surface area contributed by atoms with Gasteiger partial charge in [-0.3, -0.25) is 14.4 Å². The van der Waals surface area contributed by atoms with E-state index in [2.05, 4.69) is 30.9 Å². The van der Waals surface area contributed by atoms with Crippen LogP contribution >= 0.6 is 0 Å². The Bertz CT molecular complexity index is 1510. The maximum absolute atomic E-state index is 13.6. The number of aliphatic hydroxyl groups is 1. The van der Waals surface area contributed by atoms with Crippen molar-refractivity contribution >= 4 is 34.6 Å². The second-order valence-corrected chi connectivity index (χ2v) is 9.85. The fourth-order valence-corrected chi connectivity index (χ4v) is 4.51. The van der Waals surface area contributed by atoms with E-state index in [0.29, 0.717) is 11.3 Å². The molecule has 4 aromatic rings. The number of amides is 3. The third-order valence-corrected chi connectivity index (χ3v) is 6.77. The number of aromatic amines is 2. The minimum absolute atomic E-state index is 0.00624. The smallest absolute Gasteiger partial charge is 0.326 e. The Morgan fingerprint density at radius 3 is 2.12 bits per heavy atom. The van der Waals surface area contributed by atoms with Crippen molar-refractivity contribution in [2.24, 2.45) is 5.73 Å². The van der Waals surface area contributed by atoms with Gasteiger partial charge in [-0.2, -0.15) is 0 Å². The summed E-state index contributed by atoms with van der Waals surface area (Å²) in [5.41, 5.74) is 8.43. The molecule has 0 spiro atoms. The molecule has 3 amide bonds. The van der Waals surface area contributed by atoms with Crippen molar-refractivity contribution in [1.29, 1.82) is 0 Å². The van der Waals surface area contributed by atoms with Gasteiger partial charge in [0, 0.05) is 48.3 Å². The van der Waals surface area contributed by atoms with Crippen LogP contribution in [-0.4, -0.2) is 79.6 Å². The molecule has 0 aliphatic carbocycles. The highest BCUT2D eigenvalue weighted by Crippen LogP contribution is 2.19. The van der Waals surface area contributed by atoms with Gasteiger partial charge in [0.2, 0.25) is 17.7 Å². The SMILES string of the molecule is NC(CO)C(=O)NC(Cc1cnc[nH]1)C(=O)NC(Cc1ccccc1)C(=O)NC(Cc1c[nH]c2ccccc12)C(=O)O. The first kappa shape index (κ1) is 30.0. The van der Waals surface area contributed by atoms with Crippen LogP contribution < -0.4 is 21.7 Å². The van der Waals surface area contributed by atoms with Crippen molar-refractivity contribution in [2.75, 3.05) is 6.61 Å². The molecule has 220 valence electrons. The summed E-state index contributed by atoms with van der Waals surface area (Å²) in [6.45, 7) is -0.629. The van der Waals surface area contributed by atoms with Crippen LogP contribution in [0.4, 0.5) is 0 Å². The highest BCUT2D eigenvalue weighted by Gasteiger charge is 2.31. The van der Waals surface area contributed by atoms with Crippen molar-refractivity contribution in [2.45, 2.75) is 43.4 Å². The zero-order valence-corrected chi connectivity index (χ0v) is 22.6. The van der Waals surface area contributed by atoms with E-state index in [1.54, 1.807) is 36.5 Å². The van der Waals surface area contributed by atoms with Crippen LogP contribution in [0.15, 0.2) is 73.3 Å². The Kier molecular flexibility index (Phi) is 10.0. The number of rotatable bonds is 14. The number of carboxylic acids is 1. The van der Waals surface area contributed by atoms with Gasteiger partial charge in [0.1, 0.15) is 24.2 Å². The number of carbonyl (C=O) groups is 4. The van der Waals surface area contributed by atoms with E-state index in [1.807, 2.05) is 24.3 Å². The minimum Gasteiger partial charge on any atom is -0.480 e. The first-order valence-electron chi connectivity index (χ1n) is 13.3. The molecule has 4 unspecified atom stereocenters. The Hall–Kier alpha value is -5.01. The Morgan fingerprint density at radius 1 is 0.810 bits per heavy atom. The van der Waals surface area contributed by atoms with E-state index in [-0.39, 0.29) is 19.3 Å². The molecule has 4 atom stereocenters. The molecule has 0 fully saturated rings. The van der Waals surface area contributed by atoms with Gasteiger partial charge in [-0.25, -0.2) is 9.78 Å². The summed E-state index contributed by atoms with van der Waals surface area (Å²) < 4.78 is 0. The second-order valence-electron chi connectivity index (χ2n) is 9.85. The number of hydrogen-bond acceptors (Lipinski definition) is 7. The third kappa shape index (κ3) is 7.80. The van der Waals surface area contributed by atoms with Crippen LogP contribution in [0.5, 0.6) is 0 Å². The Morgan fingerprint density at radius 2 is 1.45 bits per heavy atom.